The predicted molar refractivity (Wildman–Crippen MR) is 152 cm³/mol. The molecule has 2 amide bonds. The van der Waals surface area contributed by atoms with E-state index in [2.05, 4.69) is 30.9 Å². The summed E-state index contributed by atoms with van der Waals surface area (Å²) in [6, 6.07) is 1.93. The van der Waals surface area contributed by atoms with Crippen LogP contribution in [0.3, 0.4) is 0 Å². The van der Waals surface area contributed by atoms with Crippen molar-refractivity contribution in [2.75, 3.05) is 26.2 Å². The second-order valence-electron chi connectivity index (χ2n) is 9.58. The van der Waals surface area contributed by atoms with Crippen LogP contribution in [0.25, 0.3) is 15.2 Å². The van der Waals surface area contributed by atoms with Crippen molar-refractivity contribution in [1.29, 1.82) is 0 Å². The lowest BCUT2D eigenvalue weighted by Gasteiger charge is -2.30. The number of carbonyl (C=O) groups excluding carboxylic acids is 2. The number of amides is 2. The summed E-state index contributed by atoms with van der Waals surface area (Å²) in [5.41, 5.74) is 2.09. The smallest absolute Gasteiger partial charge is 0.328 e. The molecule has 2 aromatic heterocycles. The van der Waals surface area contributed by atoms with Crippen molar-refractivity contribution in [1.82, 2.24) is 30.6 Å². The first kappa shape index (κ1) is 28.6. The van der Waals surface area contributed by atoms with Crippen molar-refractivity contribution in [2.24, 2.45) is 5.10 Å². The fourth-order valence-electron chi connectivity index (χ4n) is 4.86. The quantitative estimate of drug-likeness (QED) is 0.121. The molecule has 1 saturated heterocycles. The first-order chi connectivity index (χ1) is 19.7. The van der Waals surface area contributed by atoms with Gasteiger partial charge in [-0.25, -0.2) is 4.79 Å². The molecular formula is C25H24Cl2N8O5S. The summed E-state index contributed by atoms with van der Waals surface area (Å²) >= 11 is 14.5. The topological polar surface area (TPSA) is 168 Å². The van der Waals surface area contributed by atoms with Crippen LogP contribution in [0.5, 0.6) is 0 Å². The van der Waals surface area contributed by atoms with Gasteiger partial charge in [-0.1, -0.05) is 23.2 Å². The molecule has 16 heteroatoms. The number of hydrogen-bond acceptors (Lipinski definition) is 7. The molecule has 0 unspecified atom stereocenters. The van der Waals surface area contributed by atoms with E-state index in [4.69, 9.17) is 29.8 Å². The van der Waals surface area contributed by atoms with Crippen molar-refractivity contribution < 1.29 is 24.6 Å². The Kier molecular flexibility index (Phi) is 8.32. The van der Waals surface area contributed by atoms with Gasteiger partial charge in [0, 0.05) is 32.7 Å². The van der Waals surface area contributed by atoms with Crippen molar-refractivity contribution in [2.45, 2.75) is 31.5 Å². The van der Waals surface area contributed by atoms with Gasteiger partial charge in [0.05, 0.1) is 43.0 Å². The number of thiophene rings is 1. The Morgan fingerprint density at radius 3 is 2.78 bits per heavy atom. The highest BCUT2D eigenvalue weighted by atomic mass is 35.5. The molecule has 0 aliphatic carbocycles. The Morgan fingerprint density at radius 1 is 1.29 bits per heavy atom. The summed E-state index contributed by atoms with van der Waals surface area (Å²) in [5, 5.41) is 35.3. The van der Waals surface area contributed by atoms with Crippen molar-refractivity contribution in [3.05, 3.63) is 61.5 Å². The van der Waals surface area contributed by atoms with Gasteiger partial charge in [-0.15, -0.1) is 16.3 Å². The van der Waals surface area contributed by atoms with Gasteiger partial charge in [0.1, 0.15) is 11.1 Å². The third-order valence-corrected chi connectivity index (χ3v) is 8.71. The number of nitrogens with zero attached hydrogens (tertiary/aromatic N) is 5. The largest absolute Gasteiger partial charge is 0.480 e. The number of fused-ring (bicyclic) bond motifs is 2. The number of aromatic nitrogens is 2. The van der Waals surface area contributed by atoms with E-state index in [0.717, 1.165) is 10.2 Å². The van der Waals surface area contributed by atoms with E-state index >= 15 is 0 Å². The lowest BCUT2D eigenvalue weighted by molar-refractivity contribution is -0.139. The van der Waals surface area contributed by atoms with Gasteiger partial charge in [0.2, 0.25) is 0 Å². The minimum absolute atomic E-state index is 0.0227. The van der Waals surface area contributed by atoms with Gasteiger partial charge in [0.15, 0.2) is 0 Å². The number of carboxylic acids is 1. The maximum atomic E-state index is 13.2. The number of hydrogen-bond donors (Lipinski definition) is 5. The molecule has 13 nitrogen and oxygen atoms in total. The number of aliphatic hydroxyl groups is 1. The SMILES string of the molecule is [C-]#[N+]/N=C(\NC[C@H](NC(=O)c1c(Cl)cc2c(c1Cl)CCN(C(=O)c1cc3[nH]ncc3s1)C2)C(=O)O)N1CC[C@H](O)C1. The number of rotatable bonds is 6. The van der Waals surface area contributed by atoms with Crippen molar-refractivity contribution in [3.8, 4) is 0 Å². The standard InChI is InChI=1S/C25H24Cl2N8O5S/c1-28-33-25(35-4-2-13(36)11-35)29-8-17(24(39)40)31-22(37)20-15(26)6-12-10-34(5-3-14(12)21(20)27)23(38)18-7-16-19(41-18)9-30-32-16/h6-7,9,13,17,36H,2-5,8,10-11H2,(H,29,33)(H,30,32)(H,31,37)(H,39,40)/t13-,17-/m0/s1. The zero-order valence-corrected chi connectivity index (χ0v) is 23.7. The van der Waals surface area contributed by atoms with Crippen LogP contribution in [-0.2, 0) is 17.8 Å². The summed E-state index contributed by atoms with van der Waals surface area (Å²) < 4.78 is 0.882. The normalized spacial score (nSPS) is 17.7. The molecule has 3 aromatic rings. The van der Waals surface area contributed by atoms with Gasteiger partial charge in [0.25, 0.3) is 17.8 Å². The van der Waals surface area contributed by atoms with Crippen LogP contribution in [0.2, 0.25) is 10.0 Å². The van der Waals surface area contributed by atoms with Crippen LogP contribution in [-0.4, -0.2) is 92.3 Å². The number of benzene rings is 1. The molecule has 1 aromatic carbocycles. The number of carboxylic acid groups (broad SMARTS) is 1. The van der Waals surface area contributed by atoms with Crippen LogP contribution in [0.15, 0.2) is 23.4 Å². The van der Waals surface area contributed by atoms with E-state index in [0.29, 0.717) is 41.9 Å². The highest BCUT2D eigenvalue weighted by molar-refractivity contribution is 7.20. The number of aliphatic carboxylic acids is 1. The maximum Gasteiger partial charge on any atom is 0.328 e. The second-order valence-corrected chi connectivity index (χ2v) is 11.4. The molecule has 41 heavy (non-hydrogen) atoms. The molecule has 5 rings (SSSR count). The number of β-amino-alcohol motifs (C(OH)–C–C–N with tert-alkyl or cyclic N) is 1. The maximum absolute atomic E-state index is 13.2. The molecule has 0 saturated carbocycles. The number of nitrogens with one attached hydrogen (secondary N) is 3. The Morgan fingerprint density at radius 2 is 2.10 bits per heavy atom. The van der Waals surface area contributed by atoms with E-state index in [1.807, 2.05) is 0 Å². The Balaban J connectivity index is 1.28. The first-order valence-corrected chi connectivity index (χ1v) is 14.1. The number of aliphatic hydroxyl groups excluding tert-OH is 1. The molecule has 0 radical (unpaired) electrons. The average Bonchev–Trinajstić information content (AvgIpc) is 3.66. The van der Waals surface area contributed by atoms with E-state index in [-0.39, 0.29) is 47.1 Å². The number of aromatic amines is 1. The summed E-state index contributed by atoms with van der Waals surface area (Å²) in [4.78, 5) is 45.2. The Labute approximate surface area is 247 Å². The van der Waals surface area contributed by atoms with Crippen LogP contribution in [0, 0.1) is 6.57 Å². The fourth-order valence-corrected chi connectivity index (χ4v) is 6.57. The summed E-state index contributed by atoms with van der Waals surface area (Å²) in [6.07, 6.45) is 1.95. The molecule has 5 N–H and O–H groups in total. The highest BCUT2D eigenvalue weighted by Crippen LogP contribution is 2.35. The van der Waals surface area contributed by atoms with Crippen LogP contribution < -0.4 is 10.6 Å². The number of guanidine groups is 1. The molecule has 1 fully saturated rings. The molecule has 0 spiro atoms. The van der Waals surface area contributed by atoms with Gasteiger partial charge in [-0.3, -0.25) is 14.7 Å². The van der Waals surface area contributed by atoms with Crippen LogP contribution in [0.4, 0.5) is 0 Å². The first-order valence-electron chi connectivity index (χ1n) is 12.5. The third kappa shape index (κ3) is 5.94. The van der Waals surface area contributed by atoms with Gasteiger partial charge in [-0.05, 0) is 36.1 Å². The Hall–Kier alpha value is -3.90. The van der Waals surface area contributed by atoms with Gasteiger partial charge >= 0.3 is 5.97 Å². The second kappa shape index (κ2) is 11.9. The van der Waals surface area contributed by atoms with E-state index < -0.39 is 24.0 Å². The number of H-pyrrole nitrogens is 1. The number of halogens is 2. The molecule has 214 valence electrons. The lowest BCUT2D eigenvalue weighted by atomic mass is 9.96. The minimum Gasteiger partial charge on any atom is -0.480 e. The van der Waals surface area contributed by atoms with E-state index in [9.17, 15) is 24.6 Å². The highest BCUT2D eigenvalue weighted by Gasteiger charge is 2.31. The fraction of sp³-hybridized carbons (Fsp3) is 0.360. The van der Waals surface area contributed by atoms with Crippen molar-refractivity contribution >= 4 is 68.5 Å². The Bertz CT molecular complexity index is 1570. The predicted octanol–water partition coefficient (Wildman–Crippen LogP) is 2.16. The molecule has 4 heterocycles. The lowest BCUT2D eigenvalue weighted by Crippen LogP contribution is -2.51. The summed E-state index contributed by atoms with van der Waals surface area (Å²) in [6.45, 7) is 8.05. The minimum atomic E-state index is -1.41. The van der Waals surface area contributed by atoms with Crippen LogP contribution in [0.1, 0.15) is 37.6 Å². The zero-order chi connectivity index (χ0) is 29.3. The molecule has 2 aliphatic rings. The number of likely N-dealkylation sites (tertiary alicyclic amines) is 1. The van der Waals surface area contributed by atoms with Crippen LogP contribution >= 0.6 is 34.5 Å². The number of carbonyl (C=O) groups is 3. The summed E-state index contributed by atoms with van der Waals surface area (Å²) in [5.74, 6) is -2.13. The monoisotopic (exact) mass is 618 g/mol. The molecule has 2 aliphatic heterocycles. The molecule has 2 atom stereocenters. The van der Waals surface area contributed by atoms with Gasteiger partial charge in [-0.2, -0.15) is 11.7 Å². The zero-order valence-electron chi connectivity index (χ0n) is 21.4. The average molecular weight is 619 g/mol. The van der Waals surface area contributed by atoms with E-state index in [1.165, 1.54) is 11.3 Å². The summed E-state index contributed by atoms with van der Waals surface area (Å²) in [7, 11) is 0. The molecular weight excluding hydrogens is 595 g/mol. The van der Waals surface area contributed by atoms with Gasteiger partial charge < -0.3 is 30.6 Å². The molecule has 0 bridgehead atoms. The van der Waals surface area contributed by atoms with Crippen molar-refractivity contribution in [3.63, 3.8) is 0 Å². The third-order valence-electron chi connectivity index (χ3n) is 6.93. The van der Waals surface area contributed by atoms with E-state index in [1.54, 1.807) is 28.1 Å².